The number of H-pyrrole nitrogens is 3. The molecular formula is C70H63ClN16O5. The molecule has 0 spiro atoms. The molecule has 0 fully saturated rings. The van der Waals surface area contributed by atoms with Gasteiger partial charge in [-0.2, -0.15) is 5.26 Å². The third-order valence-corrected chi connectivity index (χ3v) is 16.6. The summed E-state index contributed by atoms with van der Waals surface area (Å²) < 4.78 is 11.9. The smallest absolute Gasteiger partial charge is 0.262 e. The van der Waals surface area contributed by atoms with Gasteiger partial charge in [-0.25, -0.2) is 46.9 Å². The molecule has 6 aromatic carbocycles. The highest BCUT2D eigenvalue weighted by molar-refractivity contribution is 6.30. The Balaban J connectivity index is 0.000000112. The number of aromatic nitrogens is 15. The average Bonchev–Trinajstić information content (AvgIpc) is 1.64. The number of nitriles is 1. The second-order valence-corrected chi connectivity index (χ2v) is 22.7. The highest BCUT2D eigenvalue weighted by Gasteiger charge is 2.17. The lowest BCUT2D eigenvalue weighted by molar-refractivity contribution is 0.752. The summed E-state index contributed by atoms with van der Waals surface area (Å²) in [6.07, 6.45) is 2.48. The molecule has 0 atom stereocenters. The summed E-state index contributed by atoms with van der Waals surface area (Å²) in [6.45, 7) is 16.2. The standard InChI is InChI=1S/C18H14ClN3O.C14H15N3O.C13H10N4O.C13H13N3O.C12H11N3O/c1-12-10-17(23)22-16-5-3-2-4-15(16)20-18(22)21(12)11-13-6-8-14(19)9-7-13;1-3-6-10-9(2)15-14-16-11-7-4-5-8-12(11)17(14)13(10)18;1-9-8-12(18)17-11-5-3-2-4-10(11)15-13(17)16(9)7-6-14;1-3-9-8(2)14-13-15-10-6-4-5-7-11(10)16(13)12(9)17;1-7-8(2)13-12-14-9-5-3-4-6-10(9)15(12)11(7)16/h2-10H,11H2,1H3;4-5,7-8H,3,6H2,1-2H3,(H,15,16);2-5,8H,7H2,1H3;4-7H,3H2,1-2H3,(H,14,15);3-6H,1-2H3,(H,13,14). The summed E-state index contributed by atoms with van der Waals surface area (Å²) in [6, 6.07) is 51.1. The van der Waals surface area contributed by atoms with Crippen LogP contribution in [0.25, 0.3) is 84.1 Å². The zero-order valence-electron chi connectivity index (χ0n) is 51.8. The number of halogens is 1. The Morgan fingerprint density at radius 1 is 0.446 bits per heavy atom. The Kier molecular flexibility index (Phi) is 16.6. The molecule has 0 unspecified atom stereocenters. The molecule has 0 bridgehead atoms. The first-order valence-electron chi connectivity index (χ1n) is 30.0. The lowest BCUT2D eigenvalue weighted by atomic mass is 10.1. The zero-order chi connectivity index (χ0) is 64.6. The van der Waals surface area contributed by atoms with E-state index >= 15 is 0 Å². The van der Waals surface area contributed by atoms with Crippen LogP contribution in [0.1, 0.15) is 71.0 Å². The van der Waals surface area contributed by atoms with E-state index in [0.717, 1.165) is 125 Å². The van der Waals surface area contributed by atoms with Crippen molar-refractivity contribution in [3.8, 4) is 6.07 Å². The largest absolute Gasteiger partial charge is 0.329 e. The van der Waals surface area contributed by atoms with Gasteiger partial charge in [-0.1, -0.05) is 105 Å². The van der Waals surface area contributed by atoms with E-state index in [1.165, 1.54) is 6.07 Å². The summed E-state index contributed by atoms with van der Waals surface area (Å²) >= 11 is 5.95. The SMILES string of the molecule is CCCc1c(C)[nH]c2nc3ccccc3n2c1=O.CCc1c(C)[nH]c2nc3ccccc3n2c1=O.Cc1[nH]c2nc3ccccc3n2c(=O)c1C.Cc1cc(=O)n2c3ccccc3nc2n1CC#N.Cc1cc(=O)n2c3ccccc3nc2n1Cc1ccc(Cl)cc1. The van der Waals surface area contributed by atoms with Gasteiger partial charge in [0.25, 0.3) is 27.8 Å². The molecule has 0 radical (unpaired) electrons. The number of imidazole rings is 5. The van der Waals surface area contributed by atoms with Gasteiger partial charge in [-0.05, 0) is 133 Å². The highest BCUT2D eigenvalue weighted by Crippen LogP contribution is 2.21. The lowest BCUT2D eigenvalue weighted by Crippen LogP contribution is -2.20. The molecule has 21 nitrogen and oxygen atoms in total. The number of rotatable bonds is 6. The number of aryl methyl sites for hydroxylation is 5. The van der Waals surface area contributed by atoms with Crippen LogP contribution < -0.4 is 27.8 Å². The fourth-order valence-electron chi connectivity index (χ4n) is 11.6. The van der Waals surface area contributed by atoms with Crippen molar-refractivity contribution in [3.63, 3.8) is 0 Å². The maximum absolute atomic E-state index is 12.5. The highest BCUT2D eigenvalue weighted by atomic mass is 35.5. The molecule has 0 aliphatic heterocycles. The van der Waals surface area contributed by atoms with Crippen molar-refractivity contribution in [3.05, 3.63) is 265 Å². The van der Waals surface area contributed by atoms with E-state index in [-0.39, 0.29) is 34.3 Å². The van der Waals surface area contributed by atoms with E-state index in [2.05, 4.69) is 52.9 Å². The van der Waals surface area contributed by atoms with Crippen LogP contribution in [0, 0.1) is 52.9 Å². The van der Waals surface area contributed by atoms with Crippen LogP contribution in [-0.4, -0.2) is 71.0 Å². The molecular weight excluding hydrogens is 1180 g/mol. The number of para-hydroxylation sites is 10. The Morgan fingerprint density at radius 2 is 0.815 bits per heavy atom. The summed E-state index contributed by atoms with van der Waals surface area (Å²) in [4.78, 5) is 93.4. The summed E-state index contributed by atoms with van der Waals surface area (Å²) in [7, 11) is 0. The molecule has 0 amide bonds. The molecule has 0 saturated heterocycles. The maximum atomic E-state index is 12.5. The monoisotopic (exact) mass is 1240 g/mol. The minimum Gasteiger partial charge on any atom is -0.329 e. The number of nitrogens with zero attached hydrogens (tertiary/aromatic N) is 13. The molecule has 22 heteroatoms. The number of benzene rings is 6. The number of hydrogen-bond donors (Lipinski definition) is 3. The van der Waals surface area contributed by atoms with Crippen LogP contribution in [0.3, 0.4) is 0 Å². The fraction of sp³-hybridized carbons (Fsp3) is 0.186. The minimum atomic E-state index is -0.120. The molecule has 16 rings (SSSR count). The van der Waals surface area contributed by atoms with Crippen LogP contribution in [0.4, 0.5) is 0 Å². The van der Waals surface area contributed by atoms with Crippen LogP contribution in [0.2, 0.25) is 5.02 Å². The maximum Gasteiger partial charge on any atom is 0.262 e. The Hall–Kier alpha value is -11.5. The van der Waals surface area contributed by atoms with Crippen LogP contribution in [0.5, 0.6) is 0 Å². The van der Waals surface area contributed by atoms with E-state index in [4.69, 9.17) is 16.9 Å². The predicted molar refractivity (Wildman–Crippen MR) is 362 cm³/mol. The second kappa shape index (κ2) is 25.2. The van der Waals surface area contributed by atoms with Crippen molar-refractivity contribution < 1.29 is 0 Å². The van der Waals surface area contributed by atoms with Crippen molar-refractivity contribution in [2.45, 2.75) is 87.7 Å². The van der Waals surface area contributed by atoms with E-state index < -0.39 is 0 Å². The van der Waals surface area contributed by atoms with Gasteiger partial charge in [0.05, 0.1) is 67.8 Å². The third kappa shape index (κ3) is 11.2. The molecule has 10 aromatic heterocycles. The third-order valence-electron chi connectivity index (χ3n) is 16.4. The molecule has 0 saturated carbocycles. The summed E-state index contributed by atoms with van der Waals surface area (Å²) in [5.74, 6) is 3.02. The molecule has 0 aliphatic carbocycles. The quantitative estimate of drug-likeness (QED) is 0.141. The summed E-state index contributed by atoms with van der Waals surface area (Å²) in [5.41, 5.74) is 16.0. The Morgan fingerprint density at radius 3 is 1.25 bits per heavy atom. The van der Waals surface area contributed by atoms with E-state index in [9.17, 15) is 24.0 Å². The fourth-order valence-corrected chi connectivity index (χ4v) is 11.7. The number of aromatic amines is 3. The molecule has 460 valence electrons. The lowest BCUT2D eigenvalue weighted by Gasteiger charge is -2.12. The van der Waals surface area contributed by atoms with Crippen LogP contribution >= 0.6 is 11.6 Å². The van der Waals surface area contributed by atoms with Gasteiger partial charge in [0.2, 0.25) is 28.9 Å². The first-order chi connectivity index (χ1) is 44.5. The average molecular weight is 1240 g/mol. The van der Waals surface area contributed by atoms with Crippen molar-refractivity contribution in [2.75, 3.05) is 0 Å². The van der Waals surface area contributed by atoms with E-state index in [1.807, 2.05) is 192 Å². The van der Waals surface area contributed by atoms with Gasteiger partial charge in [0, 0.05) is 62.3 Å². The van der Waals surface area contributed by atoms with Crippen LogP contribution in [0.15, 0.2) is 182 Å². The first-order valence-corrected chi connectivity index (χ1v) is 30.4. The predicted octanol–water partition coefficient (Wildman–Crippen LogP) is 11.4. The van der Waals surface area contributed by atoms with Gasteiger partial charge in [-0.3, -0.25) is 24.0 Å². The van der Waals surface area contributed by atoms with Crippen molar-refractivity contribution >= 4 is 95.7 Å². The van der Waals surface area contributed by atoms with Gasteiger partial charge in [-0.15, -0.1) is 0 Å². The van der Waals surface area contributed by atoms with E-state index in [1.54, 1.807) is 39.6 Å². The number of hydrogen-bond acceptors (Lipinski definition) is 11. The van der Waals surface area contributed by atoms with E-state index in [0.29, 0.717) is 40.5 Å². The number of nitrogens with one attached hydrogen (secondary N) is 3. The van der Waals surface area contributed by atoms with Gasteiger partial charge >= 0.3 is 0 Å². The van der Waals surface area contributed by atoms with Crippen molar-refractivity contribution in [1.29, 1.82) is 5.26 Å². The Labute approximate surface area is 528 Å². The van der Waals surface area contributed by atoms with Crippen molar-refractivity contribution in [2.24, 2.45) is 0 Å². The normalized spacial score (nSPS) is 11.3. The second-order valence-electron chi connectivity index (χ2n) is 22.3. The van der Waals surface area contributed by atoms with Gasteiger partial charge in [0.15, 0.2) is 0 Å². The summed E-state index contributed by atoms with van der Waals surface area (Å²) in [5, 5.41) is 9.57. The van der Waals surface area contributed by atoms with Gasteiger partial charge < -0.3 is 24.1 Å². The van der Waals surface area contributed by atoms with Crippen molar-refractivity contribution in [1.82, 2.24) is 71.0 Å². The van der Waals surface area contributed by atoms with Gasteiger partial charge in [0.1, 0.15) is 6.54 Å². The minimum absolute atomic E-state index is 0.0000463. The molecule has 16 aromatic rings. The number of fused-ring (bicyclic) bond motifs is 15. The topological polar surface area (TPSA) is 253 Å². The molecule has 10 heterocycles. The molecule has 0 aliphatic rings. The first kappa shape index (κ1) is 60.8. The zero-order valence-corrected chi connectivity index (χ0v) is 52.5. The molecule has 3 N–H and O–H groups in total. The Bertz CT molecular complexity index is 5910. The van der Waals surface area contributed by atoms with Crippen LogP contribution in [-0.2, 0) is 25.9 Å². The molecule has 92 heavy (non-hydrogen) atoms.